The normalized spacial score (nSPS) is 13.6. The maximum atomic E-state index is 11.2. The molecule has 2 N–H and O–H groups in total. The number of aromatic nitrogens is 1. The number of nitrogens with zero attached hydrogens (tertiary/aromatic N) is 1. The number of nitrogens with one attached hydrogen (secondary N) is 2. The number of aryl methyl sites for hydroxylation is 2. The zero-order valence-corrected chi connectivity index (χ0v) is 14.4. The van der Waals surface area contributed by atoms with Crippen LogP contribution in [0.15, 0.2) is 28.8 Å². The van der Waals surface area contributed by atoms with Crippen LogP contribution >= 0.6 is 0 Å². The molecule has 1 aromatic heterocycles. The van der Waals surface area contributed by atoms with Gasteiger partial charge in [-0.25, -0.2) is 0 Å². The van der Waals surface area contributed by atoms with Crippen LogP contribution in [0, 0.1) is 13.8 Å². The van der Waals surface area contributed by atoms with E-state index in [0.717, 1.165) is 29.2 Å². The first kappa shape index (κ1) is 17.2. The van der Waals surface area contributed by atoms with E-state index in [2.05, 4.69) is 35.7 Å². The Hall–Kier alpha value is -2.14. The van der Waals surface area contributed by atoms with Crippen LogP contribution in [0.2, 0.25) is 0 Å². The van der Waals surface area contributed by atoms with Gasteiger partial charge in [-0.3, -0.25) is 4.79 Å². The highest BCUT2D eigenvalue weighted by Crippen LogP contribution is 2.24. The van der Waals surface area contributed by atoms with Crippen molar-refractivity contribution in [1.29, 1.82) is 0 Å². The van der Waals surface area contributed by atoms with Crippen molar-refractivity contribution in [2.24, 2.45) is 0 Å². The molecule has 0 bridgehead atoms. The van der Waals surface area contributed by atoms with Gasteiger partial charge in [0.15, 0.2) is 0 Å². The summed E-state index contributed by atoms with van der Waals surface area (Å²) in [5, 5.41) is 10.4. The molecule has 5 nitrogen and oxygen atoms in total. The van der Waals surface area contributed by atoms with Gasteiger partial charge in [0.25, 0.3) is 0 Å². The van der Waals surface area contributed by atoms with Gasteiger partial charge in [-0.15, -0.1) is 0 Å². The number of hydrogen-bond acceptors (Lipinski definition) is 4. The maximum Gasteiger partial charge on any atom is 0.221 e. The van der Waals surface area contributed by atoms with Crippen LogP contribution in [0.25, 0.3) is 0 Å². The molecule has 1 amide bonds. The van der Waals surface area contributed by atoms with Crippen LogP contribution in [0.4, 0.5) is 5.69 Å². The predicted molar refractivity (Wildman–Crippen MR) is 91.6 cm³/mol. The summed E-state index contributed by atoms with van der Waals surface area (Å²) >= 11 is 0. The highest BCUT2D eigenvalue weighted by Gasteiger charge is 2.17. The zero-order valence-electron chi connectivity index (χ0n) is 14.4. The number of carbonyl (C=O) groups excluding carboxylic acids is 1. The minimum atomic E-state index is -0.0604. The first-order valence-electron chi connectivity index (χ1n) is 7.92. The standard InChI is InChI=1S/C18H25N3O2/c1-11(18-13(3)21-23-14(18)4)10-19-12(2)16-7-6-8-17(9-16)20-15(5)22/h6-9,11-12,19H,10H2,1-5H3,(H,20,22)/t11-,12-/m0/s1. The Morgan fingerprint density at radius 2 is 2.04 bits per heavy atom. The quantitative estimate of drug-likeness (QED) is 0.853. The van der Waals surface area contributed by atoms with Crippen molar-refractivity contribution in [1.82, 2.24) is 10.5 Å². The molecule has 5 heteroatoms. The molecular weight excluding hydrogens is 290 g/mol. The molecule has 0 fully saturated rings. The van der Waals surface area contributed by atoms with Gasteiger partial charge in [-0.1, -0.05) is 24.2 Å². The molecular formula is C18H25N3O2. The molecule has 2 aromatic rings. The van der Waals surface area contributed by atoms with Crippen LogP contribution < -0.4 is 10.6 Å². The molecule has 0 unspecified atom stereocenters. The van der Waals surface area contributed by atoms with Gasteiger partial charge in [0.05, 0.1) is 5.69 Å². The molecule has 0 aliphatic carbocycles. The molecule has 0 aliphatic heterocycles. The van der Waals surface area contributed by atoms with Crippen LogP contribution in [-0.2, 0) is 4.79 Å². The van der Waals surface area contributed by atoms with E-state index in [1.165, 1.54) is 12.5 Å². The van der Waals surface area contributed by atoms with Gasteiger partial charge < -0.3 is 15.2 Å². The summed E-state index contributed by atoms with van der Waals surface area (Å²) in [4.78, 5) is 11.2. The summed E-state index contributed by atoms with van der Waals surface area (Å²) in [5.41, 5.74) is 4.10. The fraction of sp³-hybridized carbons (Fsp3) is 0.444. The van der Waals surface area contributed by atoms with Crippen LogP contribution in [-0.4, -0.2) is 17.6 Å². The van der Waals surface area contributed by atoms with Gasteiger partial charge >= 0.3 is 0 Å². The SMILES string of the molecule is CC(=O)Nc1cccc([C@H](C)NC[C@H](C)c2c(C)noc2C)c1. The first-order valence-corrected chi connectivity index (χ1v) is 7.92. The van der Waals surface area contributed by atoms with Crippen molar-refractivity contribution >= 4 is 11.6 Å². The Labute approximate surface area is 137 Å². The number of rotatable bonds is 6. The number of carbonyl (C=O) groups is 1. The summed E-state index contributed by atoms with van der Waals surface area (Å²) in [6.07, 6.45) is 0. The molecule has 2 rings (SSSR count). The average molecular weight is 315 g/mol. The fourth-order valence-corrected chi connectivity index (χ4v) is 2.86. The summed E-state index contributed by atoms with van der Waals surface area (Å²) < 4.78 is 5.24. The fourth-order valence-electron chi connectivity index (χ4n) is 2.86. The predicted octanol–water partition coefficient (Wildman–Crippen LogP) is 3.70. The second kappa shape index (κ2) is 7.42. The third kappa shape index (κ3) is 4.42. The molecule has 1 heterocycles. The lowest BCUT2D eigenvalue weighted by molar-refractivity contribution is -0.114. The lowest BCUT2D eigenvalue weighted by Gasteiger charge is -2.19. The van der Waals surface area contributed by atoms with Crippen LogP contribution in [0.3, 0.4) is 0 Å². The minimum absolute atomic E-state index is 0.0604. The molecule has 0 radical (unpaired) electrons. The molecule has 2 atom stereocenters. The number of hydrogen-bond donors (Lipinski definition) is 2. The van der Waals surface area contributed by atoms with Crippen molar-refractivity contribution in [3.63, 3.8) is 0 Å². The Morgan fingerprint density at radius 3 is 2.65 bits per heavy atom. The van der Waals surface area contributed by atoms with Gasteiger partial charge in [0, 0.05) is 30.8 Å². The van der Waals surface area contributed by atoms with Crippen LogP contribution in [0.1, 0.15) is 55.3 Å². The zero-order chi connectivity index (χ0) is 17.0. The largest absolute Gasteiger partial charge is 0.361 e. The Balaban J connectivity index is 1.99. The van der Waals surface area contributed by atoms with E-state index >= 15 is 0 Å². The summed E-state index contributed by atoms with van der Waals surface area (Å²) in [7, 11) is 0. The van der Waals surface area contributed by atoms with E-state index in [-0.39, 0.29) is 11.9 Å². The number of anilines is 1. The summed E-state index contributed by atoms with van der Waals surface area (Å²) in [5.74, 6) is 1.15. The topological polar surface area (TPSA) is 67.2 Å². The van der Waals surface area contributed by atoms with Crippen LogP contribution in [0.5, 0.6) is 0 Å². The smallest absolute Gasteiger partial charge is 0.221 e. The molecule has 0 saturated carbocycles. The summed E-state index contributed by atoms with van der Waals surface area (Å²) in [6.45, 7) is 10.6. The number of amides is 1. The Kier molecular flexibility index (Phi) is 5.55. The van der Waals surface area contributed by atoms with E-state index in [0.29, 0.717) is 5.92 Å². The molecule has 124 valence electrons. The minimum Gasteiger partial charge on any atom is -0.361 e. The van der Waals surface area contributed by atoms with E-state index in [1.807, 2.05) is 32.0 Å². The van der Waals surface area contributed by atoms with E-state index < -0.39 is 0 Å². The second-order valence-electron chi connectivity index (χ2n) is 6.08. The van der Waals surface area contributed by atoms with Crippen molar-refractivity contribution in [3.05, 3.63) is 46.8 Å². The highest BCUT2D eigenvalue weighted by molar-refractivity contribution is 5.88. The summed E-state index contributed by atoms with van der Waals surface area (Å²) in [6, 6.07) is 8.09. The Morgan fingerprint density at radius 1 is 1.30 bits per heavy atom. The molecule has 0 saturated heterocycles. The highest BCUT2D eigenvalue weighted by atomic mass is 16.5. The van der Waals surface area contributed by atoms with E-state index in [9.17, 15) is 4.79 Å². The van der Waals surface area contributed by atoms with Gasteiger partial charge in [-0.2, -0.15) is 0 Å². The van der Waals surface area contributed by atoms with Gasteiger partial charge in [0.1, 0.15) is 5.76 Å². The molecule has 23 heavy (non-hydrogen) atoms. The second-order valence-corrected chi connectivity index (χ2v) is 6.08. The maximum absolute atomic E-state index is 11.2. The van der Waals surface area contributed by atoms with Crippen molar-refractivity contribution in [2.45, 2.75) is 46.6 Å². The van der Waals surface area contributed by atoms with E-state index in [4.69, 9.17) is 4.52 Å². The third-order valence-corrected chi connectivity index (χ3v) is 4.02. The van der Waals surface area contributed by atoms with E-state index in [1.54, 1.807) is 0 Å². The number of benzene rings is 1. The molecule has 0 aliphatic rings. The van der Waals surface area contributed by atoms with Gasteiger partial charge in [0.2, 0.25) is 5.91 Å². The molecule has 1 aromatic carbocycles. The average Bonchev–Trinajstić information content (AvgIpc) is 2.83. The lowest BCUT2D eigenvalue weighted by atomic mass is 9.98. The molecule has 0 spiro atoms. The lowest BCUT2D eigenvalue weighted by Crippen LogP contribution is -2.24. The van der Waals surface area contributed by atoms with Crippen molar-refractivity contribution in [2.75, 3.05) is 11.9 Å². The first-order chi connectivity index (χ1) is 10.9. The van der Waals surface area contributed by atoms with Gasteiger partial charge in [-0.05, 0) is 44.4 Å². The monoisotopic (exact) mass is 315 g/mol. The third-order valence-electron chi connectivity index (χ3n) is 4.02. The van der Waals surface area contributed by atoms with Crippen molar-refractivity contribution in [3.8, 4) is 0 Å². The van der Waals surface area contributed by atoms with Crippen molar-refractivity contribution < 1.29 is 9.32 Å². The Bertz CT molecular complexity index is 659.